The molecule has 2 aromatic carbocycles. The molecule has 0 fully saturated rings. The van der Waals surface area contributed by atoms with Gasteiger partial charge in [0.1, 0.15) is 18.5 Å². The van der Waals surface area contributed by atoms with Gasteiger partial charge in [0.2, 0.25) is 0 Å². The Morgan fingerprint density at radius 1 is 1.03 bits per heavy atom. The average molecular weight is 438 g/mol. The molecule has 0 saturated carbocycles. The van der Waals surface area contributed by atoms with E-state index in [1.807, 2.05) is 42.5 Å². The van der Waals surface area contributed by atoms with Crippen molar-refractivity contribution in [3.8, 4) is 17.2 Å². The highest BCUT2D eigenvalue weighted by Crippen LogP contribution is 2.27. The Labute approximate surface area is 185 Å². The molecule has 2 rings (SSSR count). The van der Waals surface area contributed by atoms with Gasteiger partial charge in [0.25, 0.3) is 0 Å². The number of aliphatic hydroxyl groups is 1. The predicted octanol–water partition coefficient (Wildman–Crippen LogP) is 3.40. The minimum Gasteiger partial charge on any atom is -0.493 e. The van der Waals surface area contributed by atoms with Gasteiger partial charge in [0.05, 0.1) is 27.4 Å². The summed E-state index contributed by atoms with van der Waals surface area (Å²) in [6, 6.07) is 13.5. The third-order valence-electron chi connectivity index (χ3n) is 4.29. The van der Waals surface area contributed by atoms with Gasteiger partial charge in [0, 0.05) is 6.54 Å². The molecule has 0 bridgehead atoms. The van der Waals surface area contributed by atoms with Crippen LogP contribution in [0.4, 0.5) is 0 Å². The summed E-state index contributed by atoms with van der Waals surface area (Å²) in [6.45, 7) is 6.12. The smallest absolute Gasteiger partial charge is 0.160 e. The highest BCUT2D eigenvalue weighted by atomic mass is 35.5. The van der Waals surface area contributed by atoms with E-state index in [0.717, 1.165) is 35.6 Å². The molecule has 0 amide bonds. The minimum atomic E-state index is -0.587. The zero-order valence-corrected chi connectivity index (χ0v) is 18.5. The summed E-state index contributed by atoms with van der Waals surface area (Å²) < 4.78 is 21.6. The first kappa shape index (κ1) is 25.8. The number of methoxy groups -OCH3 is 2. The summed E-state index contributed by atoms with van der Waals surface area (Å²) in [7, 11) is 3.25. The van der Waals surface area contributed by atoms with Crippen LogP contribution in [-0.2, 0) is 17.8 Å². The average Bonchev–Trinajstić information content (AvgIpc) is 2.76. The quantitative estimate of drug-likeness (QED) is 0.349. The third-order valence-corrected chi connectivity index (χ3v) is 4.29. The van der Waals surface area contributed by atoms with Crippen molar-refractivity contribution >= 4 is 12.4 Å². The van der Waals surface area contributed by atoms with Crippen molar-refractivity contribution in [2.75, 3.05) is 40.5 Å². The Bertz CT molecular complexity index is 739. The molecule has 0 saturated heterocycles. The lowest BCUT2D eigenvalue weighted by molar-refractivity contribution is 0.106. The summed E-state index contributed by atoms with van der Waals surface area (Å²) >= 11 is 0. The van der Waals surface area contributed by atoms with Crippen LogP contribution in [0.5, 0.6) is 17.2 Å². The van der Waals surface area contributed by atoms with E-state index in [1.165, 1.54) is 0 Å². The van der Waals surface area contributed by atoms with Gasteiger partial charge in [-0.2, -0.15) is 0 Å². The number of halogens is 1. The zero-order chi connectivity index (χ0) is 20.9. The van der Waals surface area contributed by atoms with E-state index in [0.29, 0.717) is 25.5 Å². The second-order valence-corrected chi connectivity index (χ2v) is 6.56. The Morgan fingerprint density at radius 2 is 1.73 bits per heavy atom. The normalized spacial score (nSPS) is 11.3. The van der Waals surface area contributed by atoms with Crippen molar-refractivity contribution < 1.29 is 24.1 Å². The number of rotatable bonds is 14. The van der Waals surface area contributed by atoms with E-state index >= 15 is 0 Å². The monoisotopic (exact) mass is 437 g/mol. The molecule has 0 aromatic heterocycles. The van der Waals surface area contributed by atoms with Crippen LogP contribution in [0.2, 0.25) is 0 Å². The van der Waals surface area contributed by atoms with Gasteiger partial charge in [-0.05, 0) is 48.4 Å². The summed E-state index contributed by atoms with van der Waals surface area (Å²) in [4.78, 5) is 0. The molecule has 30 heavy (non-hydrogen) atoms. The molecule has 166 valence electrons. The van der Waals surface area contributed by atoms with Crippen molar-refractivity contribution in [1.82, 2.24) is 5.32 Å². The van der Waals surface area contributed by atoms with E-state index in [1.54, 1.807) is 20.3 Å². The molecular formula is C23H32ClNO5. The molecule has 0 spiro atoms. The standard InChI is InChI=1S/C23H31NO5.ClH/c1-4-13-28-16-19-5-8-21(9-6-19)29-17-20(25)15-24-12-11-18-7-10-22(26-2)23(14-18)27-3;/h4-10,14,20,24-25H,1,11-13,15-17H2,2-3H3;1H. The molecule has 6 nitrogen and oxygen atoms in total. The van der Waals surface area contributed by atoms with E-state index in [9.17, 15) is 5.11 Å². The Hall–Kier alpha value is -2.25. The topological polar surface area (TPSA) is 69.2 Å². The van der Waals surface area contributed by atoms with Gasteiger partial charge < -0.3 is 29.4 Å². The molecule has 0 aliphatic heterocycles. The maximum Gasteiger partial charge on any atom is 0.160 e. The lowest BCUT2D eigenvalue weighted by Crippen LogP contribution is -2.32. The van der Waals surface area contributed by atoms with Crippen LogP contribution in [0, 0.1) is 0 Å². The molecule has 0 aliphatic rings. The number of benzene rings is 2. The summed E-state index contributed by atoms with van der Waals surface area (Å²) in [5, 5.41) is 13.3. The fourth-order valence-corrected chi connectivity index (χ4v) is 2.73. The largest absolute Gasteiger partial charge is 0.493 e. The summed E-state index contributed by atoms with van der Waals surface area (Å²) in [6.07, 6.45) is 1.96. The van der Waals surface area contributed by atoms with Crippen LogP contribution in [-0.4, -0.2) is 51.7 Å². The van der Waals surface area contributed by atoms with Gasteiger partial charge >= 0.3 is 0 Å². The van der Waals surface area contributed by atoms with E-state index < -0.39 is 6.10 Å². The van der Waals surface area contributed by atoms with Gasteiger partial charge in [-0.1, -0.05) is 24.3 Å². The van der Waals surface area contributed by atoms with Crippen molar-refractivity contribution in [2.24, 2.45) is 0 Å². The SMILES string of the molecule is C=CCOCc1ccc(OCC(O)CNCCc2ccc(OC)c(OC)c2)cc1.Cl. The van der Waals surface area contributed by atoms with Crippen LogP contribution in [0.25, 0.3) is 0 Å². The lowest BCUT2D eigenvalue weighted by atomic mass is 10.1. The van der Waals surface area contributed by atoms with Crippen LogP contribution in [0.1, 0.15) is 11.1 Å². The highest BCUT2D eigenvalue weighted by molar-refractivity contribution is 5.85. The number of ether oxygens (including phenoxy) is 4. The summed E-state index contributed by atoms with van der Waals surface area (Å²) in [5.74, 6) is 2.16. The van der Waals surface area contributed by atoms with Crippen molar-refractivity contribution in [1.29, 1.82) is 0 Å². The van der Waals surface area contributed by atoms with Crippen LogP contribution < -0.4 is 19.5 Å². The van der Waals surface area contributed by atoms with E-state index in [-0.39, 0.29) is 19.0 Å². The van der Waals surface area contributed by atoms with Crippen molar-refractivity contribution in [3.63, 3.8) is 0 Å². The van der Waals surface area contributed by atoms with Crippen LogP contribution in [0.3, 0.4) is 0 Å². The number of hydrogen-bond donors (Lipinski definition) is 2. The third kappa shape index (κ3) is 9.05. The molecule has 2 N–H and O–H groups in total. The maximum atomic E-state index is 10.1. The van der Waals surface area contributed by atoms with Crippen molar-refractivity contribution in [2.45, 2.75) is 19.1 Å². The van der Waals surface area contributed by atoms with Gasteiger partial charge in [-0.25, -0.2) is 0 Å². The van der Waals surface area contributed by atoms with Gasteiger partial charge in [-0.15, -0.1) is 19.0 Å². The molecule has 0 radical (unpaired) electrons. The Kier molecular flexibility index (Phi) is 12.6. The number of nitrogens with one attached hydrogen (secondary N) is 1. The molecule has 1 atom stereocenters. The van der Waals surface area contributed by atoms with Crippen LogP contribution in [0.15, 0.2) is 55.1 Å². The summed E-state index contributed by atoms with van der Waals surface area (Å²) in [5.41, 5.74) is 2.20. The Morgan fingerprint density at radius 3 is 2.40 bits per heavy atom. The first-order valence-corrected chi connectivity index (χ1v) is 9.66. The molecular weight excluding hydrogens is 406 g/mol. The highest BCUT2D eigenvalue weighted by Gasteiger charge is 2.07. The number of aliphatic hydroxyl groups excluding tert-OH is 1. The molecule has 1 unspecified atom stereocenters. The molecule has 0 aliphatic carbocycles. The maximum absolute atomic E-state index is 10.1. The predicted molar refractivity (Wildman–Crippen MR) is 121 cm³/mol. The van der Waals surface area contributed by atoms with Crippen molar-refractivity contribution in [3.05, 3.63) is 66.2 Å². The molecule has 2 aromatic rings. The minimum absolute atomic E-state index is 0. The molecule has 0 heterocycles. The second-order valence-electron chi connectivity index (χ2n) is 6.56. The first-order chi connectivity index (χ1) is 14.2. The fourth-order valence-electron chi connectivity index (χ4n) is 2.73. The molecule has 7 heteroatoms. The van der Waals surface area contributed by atoms with E-state index in [2.05, 4.69) is 11.9 Å². The van der Waals surface area contributed by atoms with Gasteiger partial charge in [-0.3, -0.25) is 0 Å². The number of hydrogen-bond acceptors (Lipinski definition) is 6. The fraction of sp³-hybridized carbons (Fsp3) is 0.391. The van der Waals surface area contributed by atoms with Gasteiger partial charge in [0.15, 0.2) is 11.5 Å². The lowest BCUT2D eigenvalue weighted by Gasteiger charge is -2.14. The zero-order valence-electron chi connectivity index (χ0n) is 17.6. The van der Waals surface area contributed by atoms with Crippen LogP contribution >= 0.6 is 12.4 Å². The first-order valence-electron chi connectivity index (χ1n) is 9.66. The Balaban J connectivity index is 0.00000450. The van der Waals surface area contributed by atoms with E-state index in [4.69, 9.17) is 18.9 Å². The second kappa shape index (κ2) is 14.7.